The van der Waals surface area contributed by atoms with Crippen LogP contribution < -0.4 is 0 Å². The van der Waals surface area contributed by atoms with Crippen LogP contribution in [0.25, 0.3) is 11.3 Å². The zero-order valence-electron chi connectivity index (χ0n) is 8.55. The van der Waals surface area contributed by atoms with Gasteiger partial charge in [-0.15, -0.1) is 0 Å². The Morgan fingerprint density at radius 1 is 1.18 bits per heavy atom. The van der Waals surface area contributed by atoms with E-state index in [0.29, 0.717) is 11.3 Å². The molecule has 0 aliphatic carbocycles. The molecular weight excluding hydrogens is 246 g/mol. The van der Waals surface area contributed by atoms with Crippen LogP contribution in [-0.2, 0) is 0 Å². The molecule has 0 radical (unpaired) electrons. The molecule has 2 rings (SSSR count). The van der Waals surface area contributed by atoms with Gasteiger partial charge in [-0.3, -0.25) is 0 Å². The lowest BCUT2D eigenvalue weighted by atomic mass is 10.1. The summed E-state index contributed by atoms with van der Waals surface area (Å²) in [6.07, 6.45) is 1.39. The molecule has 0 fully saturated rings. The summed E-state index contributed by atoms with van der Waals surface area (Å²) < 4.78 is 24.3. The molecule has 1 aromatic carbocycles. The highest BCUT2D eigenvalue weighted by Crippen LogP contribution is 2.29. The molecule has 0 aliphatic heterocycles. The molecule has 6 heteroatoms. The second kappa shape index (κ2) is 5.09. The highest BCUT2D eigenvalue weighted by molar-refractivity contribution is 7.99. The van der Waals surface area contributed by atoms with Crippen molar-refractivity contribution in [2.45, 2.75) is 10.9 Å². The maximum absolute atomic E-state index is 12.2. The van der Waals surface area contributed by atoms with Crippen molar-refractivity contribution in [3.63, 3.8) is 0 Å². The standard InChI is InChI=1S/C11H8F2N2OS/c12-10(13)17-11-14-6-5-8(15-11)7-3-1-2-4-9(7)16/h1-6,10,16H. The maximum Gasteiger partial charge on any atom is 0.291 e. The van der Waals surface area contributed by atoms with E-state index in [1.165, 1.54) is 12.3 Å². The van der Waals surface area contributed by atoms with Crippen LogP contribution in [0.1, 0.15) is 0 Å². The van der Waals surface area contributed by atoms with Crippen LogP contribution in [0.2, 0.25) is 0 Å². The second-order valence-electron chi connectivity index (χ2n) is 3.12. The number of nitrogens with zero attached hydrogens (tertiary/aromatic N) is 2. The third kappa shape index (κ3) is 2.91. The zero-order chi connectivity index (χ0) is 12.3. The number of benzene rings is 1. The van der Waals surface area contributed by atoms with E-state index in [1.54, 1.807) is 24.3 Å². The lowest BCUT2D eigenvalue weighted by Gasteiger charge is -2.04. The summed E-state index contributed by atoms with van der Waals surface area (Å²) in [7, 11) is 0. The van der Waals surface area contributed by atoms with E-state index in [1.807, 2.05) is 0 Å². The lowest BCUT2D eigenvalue weighted by molar-refractivity contribution is 0.251. The number of hydrogen-bond acceptors (Lipinski definition) is 4. The van der Waals surface area contributed by atoms with Gasteiger partial charge in [0.2, 0.25) is 0 Å². The Hall–Kier alpha value is -1.69. The summed E-state index contributed by atoms with van der Waals surface area (Å²) >= 11 is 0.276. The van der Waals surface area contributed by atoms with Gasteiger partial charge in [0.25, 0.3) is 5.76 Å². The largest absolute Gasteiger partial charge is 0.507 e. The fourth-order valence-electron chi connectivity index (χ4n) is 1.32. The van der Waals surface area contributed by atoms with Gasteiger partial charge in [-0.1, -0.05) is 12.1 Å². The van der Waals surface area contributed by atoms with E-state index in [0.717, 1.165) is 0 Å². The van der Waals surface area contributed by atoms with Gasteiger partial charge in [0, 0.05) is 11.8 Å². The number of alkyl halides is 2. The van der Waals surface area contributed by atoms with E-state index < -0.39 is 5.76 Å². The zero-order valence-corrected chi connectivity index (χ0v) is 9.36. The molecule has 0 atom stereocenters. The third-order valence-electron chi connectivity index (χ3n) is 2.01. The minimum atomic E-state index is -2.56. The normalized spacial score (nSPS) is 10.8. The van der Waals surface area contributed by atoms with Gasteiger partial charge in [-0.05, 0) is 30.0 Å². The van der Waals surface area contributed by atoms with Crippen LogP contribution in [0, 0.1) is 0 Å². The van der Waals surface area contributed by atoms with E-state index >= 15 is 0 Å². The Balaban J connectivity index is 2.37. The molecule has 0 aliphatic rings. The fraction of sp³-hybridized carbons (Fsp3) is 0.0909. The van der Waals surface area contributed by atoms with Crippen molar-refractivity contribution >= 4 is 11.8 Å². The van der Waals surface area contributed by atoms with Crippen molar-refractivity contribution in [3.8, 4) is 17.0 Å². The second-order valence-corrected chi connectivity index (χ2v) is 4.08. The third-order valence-corrected chi connectivity index (χ3v) is 2.59. The average molecular weight is 254 g/mol. The number of rotatable bonds is 3. The number of halogens is 2. The number of phenols is 1. The van der Waals surface area contributed by atoms with Gasteiger partial charge in [-0.2, -0.15) is 8.78 Å². The number of hydrogen-bond donors (Lipinski definition) is 1. The van der Waals surface area contributed by atoms with Crippen LogP contribution in [0.15, 0.2) is 41.7 Å². The summed E-state index contributed by atoms with van der Waals surface area (Å²) in [6.45, 7) is 0. The molecule has 17 heavy (non-hydrogen) atoms. The van der Waals surface area contributed by atoms with Crippen LogP contribution >= 0.6 is 11.8 Å². The van der Waals surface area contributed by atoms with Crippen molar-refractivity contribution < 1.29 is 13.9 Å². The Morgan fingerprint density at radius 3 is 2.65 bits per heavy atom. The number of aromatic nitrogens is 2. The Labute approximate surface area is 101 Å². The average Bonchev–Trinajstić information content (AvgIpc) is 2.29. The minimum absolute atomic E-state index is 0.0132. The molecule has 3 nitrogen and oxygen atoms in total. The van der Waals surface area contributed by atoms with E-state index in [-0.39, 0.29) is 22.7 Å². The number of aromatic hydroxyl groups is 1. The van der Waals surface area contributed by atoms with Gasteiger partial charge < -0.3 is 5.11 Å². The maximum atomic E-state index is 12.2. The molecule has 0 bridgehead atoms. The molecule has 1 aromatic heterocycles. The predicted octanol–water partition coefficient (Wildman–Crippen LogP) is 3.16. The van der Waals surface area contributed by atoms with Crippen molar-refractivity contribution in [2.24, 2.45) is 0 Å². The highest BCUT2D eigenvalue weighted by Gasteiger charge is 2.10. The molecule has 0 amide bonds. The Bertz CT molecular complexity index is 522. The first-order valence-electron chi connectivity index (χ1n) is 4.73. The van der Waals surface area contributed by atoms with Crippen molar-refractivity contribution in [1.82, 2.24) is 9.97 Å². The van der Waals surface area contributed by atoms with Crippen molar-refractivity contribution in [3.05, 3.63) is 36.5 Å². The smallest absolute Gasteiger partial charge is 0.291 e. The van der Waals surface area contributed by atoms with Gasteiger partial charge >= 0.3 is 0 Å². The number of phenolic OH excluding ortho intramolecular Hbond substituents is 1. The molecule has 0 spiro atoms. The summed E-state index contributed by atoms with van der Waals surface area (Å²) in [4.78, 5) is 7.68. The predicted molar refractivity (Wildman–Crippen MR) is 61.0 cm³/mol. The van der Waals surface area contributed by atoms with Crippen LogP contribution in [0.4, 0.5) is 8.78 Å². The van der Waals surface area contributed by atoms with Crippen LogP contribution in [0.3, 0.4) is 0 Å². The first-order valence-corrected chi connectivity index (χ1v) is 5.61. The quantitative estimate of drug-likeness (QED) is 0.675. The van der Waals surface area contributed by atoms with Gasteiger partial charge in [0.05, 0.1) is 5.69 Å². The first kappa shape index (κ1) is 11.8. The van der Waals surface area contributed by atoms with Gasteiger partial charge in [-0.25, -0.2) is 9.97 Å². The Morgan fingerprint density at radius 2 is 1.94 bits per heavy atom. The number of thioether (sulfide) groups is 1. The van der Waals surface area contributed by atoms with Crippen molar-refractivity contribution in [2.75, 3.05) is 0 Å². The molecule has 2 aromatic rings. The molecule has 88 valence electrons. The first-order chi connectivity index (χ1) is 8.16. The fourth-order valence-corrected chi connectivity index (χ4v) is 1.75. The highest BCUT2D eigenvalue weighted by atomic mass is 32.2. The van der Waals surface area contributed by atoms with Gasteiger partial charge in [0.1, 0.15) is 5.75 Å². The monoisotopic (exact) mass is 254 g/mol. The van der Waals surface area contributed by atoms with Crippen LogP contribution in [-0.4, -0.2) is 20.8 Å². The topological polar surface area (TPSA) is 46.0 Å². The lowest BCUT2D eigenvalue weighted by Crippen LogP contribution is -1.92. The molecule has 0 saturated heterocycles. The van der Waals surface area contributed by atoms with Crippen LogP contribution in [0.5, 0.6) is 5.75 Å². The minimum Gasteiger partial charge on any atom is -0.507 e. The van der Waals surface area contributed by atoms with E-state index in [9.17, 15) is 13.9 Å². The summed E-state index contributed by atoms with van der Waals surface area (Å²) in [5.74, 6) is -2.51. The molecule has 0 saturated carbocycles. The van der Waals surface area contributed by atoms with E-state index in [2.05, 4.69) is 9.97 Å². The summed E-state index contributed by atoms with van der Waals surface area (Å²) in [5, 5.41) is 9.61. The molecule has 1 N–H and O–H groups in total. The van der Waals surface area contributed by atoms with Crippen molar-refractivity contribution in [1.29, 1.82) is 0 Å². The summed E-state index contributed by atoms with van der Waals surface area (Å²) in [5.41, 5.74) is 0.910. The molecular formula is C11H8F2N2OS. The molecule has 1 heterocycles. The SMILES string of the molecule is Oc1ccccc1-c1ccnc(SC(F)F)n1. The summed E-state index contributed by atoms with van der Waals surface area (Å²) in [6, 6.07) is 8.14. The number of para-hydroxylation sites is 1. The van der Waals surface area contributed by atoms with E-state index in [4.69, 9.17) is 0 Å². The Kier molecular flexibility index (Phi) is 3.53. The molecule has 0 unspecified atom stereocenters. The van der Waals surface area contributed by atoms with Gasteiger partial charge in [0.15, 0.2) is 5.16 Å².